The first kappa shape index (κ1) is 15.8. The first-order chi connectivity index (χ1) is 11.1. The van der Waals surface area contributed by atoms with Crippen molar-refractivity contribution in [3.8, 4) is 11.4 Å². The van der Waals surface area contributed by atoms with Crippen LogP contribution in [-0.4, -0.2) is 38.1 Å². The average Bonchev–Trinajstić information content (AvgIpc) is 3.20. The predicted octanol–water partition coefficient (Wildman–Crippen LogP) is 2.82. The van der Waals surface area contributed by atoms with E-state index in [1.807, 2.05) is 41.8 Å². The third-order valence-electron chi connectivity index (χ3n) is 3.23. The highest BCUT2D eigenvalue weighted by atomic mass is 79.9. The van der Waals surface area contributed by atoms with Gasteiger partial charge in [-0.2, -0.15) is 4.80 Å². The first-order valence-corrected chi connectivity index (χ1v) is 8.59. The number of hydrogen-bond acceptors (Lipinski definition) is 5. The molecular formula is C15H14BrN5OS. The number of rotatable bonds is 5. The Morgan fingerprint density at radius 2 is 2.09 bits per heavy atom. The van der Waals surface area contributed by atoms with Crippen molar-refractivity contribution in [3.63, 3.8) is 0 Å². The number of amides is 1. The van der Waals surface area contributed by atoms with Crippen LogP contribution in [0.4, 0.5) is 0 Å². The van der Waals surface area contributed by atoms with E-state index in [1.165, 1.54) is 4.80 Å². The number of carbonyl (C=O) groups is 1. The van der Waals surface area contributed by atoms with Crippen LogP contribution in [-0.2, 0) is 17.9 Å². The van der Waals surface area contributed by atoms with Gasteiger partial charge in [-0.25, -0.2) is 0 Å². The van der Waals surface area contributed by atoms with Gasteiger partial charge in [-0.05, 0) is 40.9 Å². The second kappa shape index (κ2) is 7.01. The normalized spacial score (nSPS) is 10.7. The van der Waals surface area contributed by atoms with Gasteiger partial charge in [0.05, 0.1) is 6.54 Å². The molecule has 3 aromatic rings. The van der Waals surface area contributed by atoms with E-state index in [0.29, 0.717) is 12.4 Å². The molecule has 0 N–H and O–H groups in total. The van der Waals surface area contributed by atoms with Crippen molar-refractivity contribution in [1.29, 1.82) is 0 Å². The van der Waals surface area contributed by atoms with Crippen molar-refractivity contribution in [1.82, 2.24) is 25.1 Å². The Balaban J connectivity index is 1.64. The minimum atomic E-state index is -0.0573. The smallest absolute Gasteiger partial charge is 0.246 e. The third-order valence-corrected chi connectivity index (χ3v) is 4.62. The molecule has 0 atom stereocenters. The second-order valence-corrected chi connectivity index (χ2v) is 6.93. The second-order valence-electron chi connectivity index (χ2n) is 4.98. The average molecular weight is 392 g/mol. The van der Waals surface area contributed by atoms with Gasteiger partial charge in [0.2, 0.25) is 11.7 Å². The lowest BCUT2D eigenvalue weighted by molar-refractivity contribution is -0.131. The van der Waals surface area contributed by atoms with Gasteiger partial charge >= 0.3 is 0 Å². The van der Waals surface area contributed by atoms with Crippen LogP contribution in [0.25, 0.3) is 11.4 Å². The molecule has 8 heteroatoms. The molecule has 0 aliphatic rings. The molecule has 0 saturated carbocycles. The Labute approximate surface area is 145 Å². The Hall–Kier alpha value is -2.06. The lowest BCUT2D eigenvalue weighted by Crippen LogP contribution is -2.30. The van der Waals surface area contributed by atoms with Gasteiger partial charge < -0.3 is 4.90 Å². The molecule has 2 heterocycles. The van der Waals surface area contributed by atoms with Gasteiger partial charge in [0, 0.05) is 22.0 Å². The zero-order valence-electron chi connectivity index (χ0n) is 12.4. The van der Waals surface area contributed by atoms with Crippen LogP contribution >= 0.6 is 27.3 Å². The highest BCUT2D eigenvalue weighted by molar-refractivity contribution is 9.10. The summed E-state index contributed by atoms with van der Waals surface area (Å²) in [5, 5.41) is 14.2. The summed E-state index contributed by atoms with van der Waals surface area (Å²) in [6.45, 7) is 0.663. The van der Waals surface area contributed by atoms with Gasteiger partial charge in [-0.1, -0.05) is 22.0 Å². The van der Waals surface area contributed by atoms with Crippen molar-refractivity contribution >= 4 is 33.2 Å². The summed E-state index contributed by atoms with van der Waals surface area (Å²) in [7, 11) is 1.77. The van der Waals surface area contributed by atoms with E-state index in [4.69, 9.17) is 0 Å². The molecule has 0 fully saturated rings. The molecule has 1 aromatic carbocycles. The van der Waals surface area contributed by atoms with Crippen LogP contribution in [0.5, 0.6) is 0 Å². The monoisotopic (exact) mass is 391 g/mol. The fourth-order valence-corrected chi connectivity index (χ4v) is 3.01. The van der Waals surface area contributed by atoms with Crippen molar-refractivity contribution in [2.75, 3.05) is 7.05 Å². The maximum atomic E-state index is 12.2. The molecule has 6 nitrogen and oxygen atoms in total. The number of likely N-dealkylation sites (N-methyl/N-ethyl adjacent to an activating group) is 1. The summed E-state index contributed by atoms with van der Waals surface area (Å²) in [6.07, 6.45) is 0. The zero-order valence-corrected chi connectivity index (χ0v) is 14.8. The van der Waals surface area contributed by atoms with Crippen molar-refractivity contribution in [2.45, 2.75) is 13.1 Å². The Morgan fingerprint density at radius 3 is 2.78 bits per heavy atom. The van der Waals surface area contributed by atoms with Crippen LogP contribution in [0.15, 0.2) is 46.3 Å². The van der Waals surface area contributed by atoms with E-state index in [0.717, 1.165) is 14.9 Å². The summed E-state index contributed by atoms with van der Waals surface area (Å²) in [4.78, 5) is 16.4. The van der Waals surface area contributed by atoms with Crippen LogP contribution in [0.2, 0.25) is 0 Å². The predicted molar refractivity (Wildman–Crippen MR) is 91.7 cm³/mol. The van der Waals surface area contributed by atoms with Crippen LogP contribution in [0.3, 0.4) is 0 Å². The molecule has 2 aromatic heterocycles. The molecule has 0 unspecified atom stereocenters. The number of carbonyl (C=O) groups excluding carboxylic acids is 1. The molecule has 0 saturated heterocycles. The molecule has 118 valence electrons. The van der Waals surface area contributed by atoms with E-state index in [-0.39, 0.29) is 12.5 Å². The van der Waals surface area contributed by atoms with Gasteiger partial charge in [0.15, 0.2) is 0 Å². The number of nitrogens with zero attached hydrogens (tertiary/aromatic N) is 5. The zero-order chi connectivity index (χ0) is 16.2. The lowest BCUT2D eigenvalue weighted by atomic mass is 10.2. The van der Waals surface area contributed by atoms with Gasteiger partial charge in [-0.15, -0.1) is 21.5 Å². The lowest BCUT2D eigenvalue weighted by Gasteiger charge is -2.15. The SMILES string of the molecule is CN(Cc1cccs1)C(=O)Cn1nnc(-c2ccc(Br)cc2)n1. The van der Waals surface area contributed by atoms with Crippen molar-refractivity contribution in [2.24, 2.45) is 0 Å². The highest BCUT2D eigenvalue weighted by Crippen LogP contribution is 2.17. The van der Waals surface area contributed by atoms with Gasteiger partial charge in [-0.3, -0.25) is 4.79 Å². The molecular weight excluding hydrogens is 378 g/mol. The largest absolute Gasteiger partial charge is 0.339 e. The topological polar surface area (TPSA) is 63.9 Å². The third kappa shape index (κ3) is 4.02. The van der Waals surface area contributed by atoms with Crippen LogP contribution in [0, 0.1) is 0 Å². The van der Waals surface area contributed by atoms with E-state index in [2.05, 4.69) is 31.3 Å². The van der Waals surface area contributed by atoms with E-state index in [9.17, 15) is 4.79 Å². The maximum absolute atomic E-state index is 12.2. The Kier molecular flexibility index (Phi) is 4.82. The fourth-order valence-electron chi connectivity index (χ4n) is 1.99. The summed E-state index contributed by atoms with van der Waals surface area (Å²) in [6, 6.07) is 11.6. The maximum Gasteiger partial charge on any atom is 0.246 e. The molecule has 1 amide bonds. The molecule has 0 radical (unpaired) electrons. The van der Waals surface area contributed by atoms with Crippen molar-refractivity contribution < 1.29 is 4.79 Å². The fraction of sp³-hybridized carbons (Fsp3) is 0.200. The summed E-state index contributed by atoms with van der Waals surface area (Å²) in [5.74, 6) is 0.448. The van der Waals surface area contributed by atoms with E-state index < -0.39 is 0 Å². The molecule has 0 spiro atoms. The van der Waals surface area contributed by atoms with E-state index >= 15 is 0 Å². The number of halogens is 1. The molecule has 0 aliphatic heterocycles. The minimum Gasteiger partial charge on any atom is -0.339 e. The summed E-state index contributed by atoms with van der Waals surface area (Å²) >= 11 is 5.01. The summed E-state index contributed by atoms with van der Waals surface area (Å²) in [5.41, 5.74) is 0.860. The number of hydrogen-bond donors (Lipinski definition) is 0. The molecule has 3 rings (SSSR count). The van der Waals surface area contributed by atoms with Crippen LogP contribution in [0.1, 0.15) is 4.88 Å². The number of thiophene rings is 1. The minimum absolute atomic E-state index is 0.0573. The number of tetrazole rings is 1. The van der Waals surface area contributed by atoms with Crippen molar-refractivity contribution in [3.05, 3.63) is 51.1 Å². The number of aromatic nitrogens is 4. The summed E-state index contributed by atoms with van der Waals surface area (Å²) < 4.78 is 0.985. The molecule has 0 bridgehead atoms. The first-order valence-electron chi connectivity index (χ1n) is 6.92. The quantitative estimate of drug-likeness (QED) is 0.670. The standard InChI is InChI=1S/C15H14BrN5OS/c1-20(9-13-3-2-8-23-13)14(22)10-21-18-15(17-19-21)11-4-6-12(16)7-5-11/h2-8H,9-10H2,1H3. The van der Waals surface area contributed by atoms with E-state index in [1.54, 1.807) is 23.3 Å². The highest BCUT2D eigenvalue weighted by Gasteiger charge is 2.13. The number of benzene rings is 1. The van der Waals surface area contributed by atoms with Gasteiger partial charge in [0.1, 0.15) is 6.54 Å². The molecule has 0 aliphatic carbocycles. The van der Waals surface area contributed by atoms with Gasteiger partial charge in [0.25, 0.3) is 0 Å². The van der Waals surface area contributed by atoms with Crippen LogP contribution < -0.4 is 0 Å². The Morgan fingerprint density at radius 1 is 1.30 bits per heavy atom. The molecule has 23 heavy (non-hydrogen) atoms. The Bertz CT molecular complexity index is 785.